The Kier molecular flexibility index (Phi) is 5.62. The highest BCUT2D eigenvalue weighted by molar-refractivity contribution is 5.96. The van der Waals surface area contributed by atoms with Gasteiger partial charge in [-0.1, -0.05) is 6.07 Å². The van der Waals surface area contributed by atoms with Crippen LogP contribution in [0.4, 0.5) is 0 Å². The molecule has 2 saturated heterocycles. The Balaban J connectivity index is 1.32. The number of carbonyl (C=O) groups excluding carboxylic acids is 2. The molecule has 3 heterocycles. The Labute approximate surface area is 163 Å². The van der Waals surface area contributed by atoms with Gasteiger partial charge in [-0.15, -0.1) is 0 Å². The standard InChI is InChI=1S/C21H24N2O5/c24-20(16-3-1-4-18(13-16)28-15-19-5-2-11-27-19)22-7-9-23(10-8-22)21(25)17-6-12-26-14-17/h1,3-4,6,12-14,19H,2,5,7-11,15H2. The fourth-order valence-corrected chi connectivity index (χ4v) is 3.55. The molecule has 28 heavy (non-hydrogen) atoms. The van der Waals surface area contributed by atoms with Gasteiger partial charge in [0.05, 0.1) is 17.9 Å². The van der Waals surface area contributed by atoms with E-state index in [-0.39, 0.29) is 17.9 Å². The summed E-state index contributed by atoms with van der Waals surface area (Å²) in [6, 6.07) is 8.91. The molecule has 1 unspecified atom stereocenters. The molecular formula is C21H24N2O5. The molecule has 2 aromatic rings. The lowest BCUT2D eigenvalue weighted by Gasteiger charge is -2.34. The molecule has 0 saturated carbocycles. The fraction of sp³-hybridized carbons (Fsp3) is 0.429. The number of ether oxygens (including phenoxy) is 2. The van der Waals surface area contributed by atoms with E-state index in [2.05, 4.69) is 0 Å². The minimum Gasteiger partial charge on any atom is -0.491 e. The van der Waals surface area contributed by atoms with E-state index in [0.717, 1.165) is 19.4 Å². The molecule has 4 rings (SSSR count). The van der Waals surface area contributed by atoms with Crippen LogP contribution in [-0.4, -0.2) is 67.1 Å². The molecule has 0 radical (unpaired) electrons. The van der Waals surface area contributed by atoms with Crippen molar-refractivity contribution in [1.29, 1.82) is 0 Å². The van der Waals surface area contributed by atoms with E-state index < -0.39 is 0 Å². The second-order valence-electron chi connectivity index (χ2n) is 7.07. The summed E-state index contributed by atoms with van der Waals surface area (Å²) in [6.45, 7) is 3.32. The van der Waals surface area contributed by atoms with Crippen LogP contribution >= 0.6 is 0 Å². The summed E-state index contributed by atoms with van der Waals surface area (Å²) >= 11 is 0. The van der Waals surface area contributed by atoms with Crippen LogP contribution in [-0.2, 0) is 4.74 Å². The number of carbonyl (C=O) groups is 2. The summed E-state index contributed by atoms with van der Waals surface area (Å²) in [5, 5.41) is 0. The number of amides is 2. The molecule has 2 amide bonds. The van der Waals surface area contributed by atoms with Gasteiger partial charge in [-0.25, -0.2) is 0 Å². The highest BCUT2D eigenvalue weighted by Gasteiger charge is 2.26. The van der Waals surface area contributed by atoms with Gasteiger partial charge >= 0.3 is 0 Å². The van der Waals surface area contributed by atoms with E-state index in [0.29, 0.717) is 49.7 Å². The van der Waals surface area contributed by atoms with Gasteiger partial charge in [0.2, 0.25) is 0 Å². The Morgan fingerprint density at radius 1 is 1.04 bits per heavy atom. The molecular weight excluding hydrogens is 360 g/mol. The molecule has 2 aliphatic rings. The zero-order valence-corrected chi connectivity index (χ0v) is 15.7. The third-order valence-electron chi connectivity index (χ3n) is 5.16. The number of furan rings is 1. The van der Waals surface area contributed by atoms with Crippen LogP contribution < -0.4 is 4.74 Å². The number of hydrogen-bond acceptors (Lipinski definition) is 5. The molecule has 1 aromatic carbocycles. The van der Waals surface area contributed by atoms with E-state index in [9.17, 15) is 9.59 Å². The van der Waals surface area contributed by atoms with E-state index >= 15 is 0 Å². The highest BCUT2D eigenvalue weighted by Crippen LogP contribution is 2.19. The lowest BCUT2D eigenvalue weighted by atomic mass is 10.1. The Bertz CT molecular complexity index is 806. The van der Waals surface area contributed by atoms with Gasteiger partial charge in [0.1, 0.15) is 18.6 Å². The molecule has 0 aliphatic carbocycles. The summed E-state index contributed by atoms with van der Waals surface area (Å²) in [7, 11) is 0. The zero-order valence-electron chi connectivity index (χ0n) is 15.7. The molecule has 0 spiro atoms. The first-order valence-corrected chi connectivity index (χ1v) is 9.66. The number of benzene rings is 1. The summed E-state index contributed by atoms with van der Waals surface area (Å²) in [5.41, 5.74) is 1.13. The molecule has 1 atom stereocenters. The van der Waals surface area contributed by atoms with Crippen molar-refractivity contribution in [1.82, 2.24) is 9.80 Å². The van der Waals surface area contributed by atoms with Gasteiger partial charge in [-0.2, -0.15) is 0 Å². The highest BCUT2D eigenvalue weighted by atomic mass is 16.5. The second kappa shape index (κ2) is 8.48. The van der Waals surface area contributed by atoms with Crippen molar-refractivity contribution < 1.29 is 23.5 Å². The van der Waals surface area contributed by atoms with Crippen LogP contribution in [0.3, 0.4) is 0 Å². The summed E-state index contributed by atoms with van der Waals surface area (Å²) in [4.78, 5) is 28.7. The number of nitrogens with zero attached hydrogens (tertiary/aromatic N) is 2. The van der Waals surface area contributed by atoms with Crippen LogP contribution in [0.2, 0.25) is 0 Å². The van der Waals surface area contributed by atoms with Crippen LogP contribution in [0.1, 0.15) is 33.6 Å². The maximum atomic E-state index is 12.8. The normalized spacial score (nSPS) is 19.6. The average molecular weight is 384 g/mol. The van der Waals surface area contributed by atoms with Crippen LogP contribution in [0.15, 0.2) is 47.3 Å². The largest absolute Gasteiger partial charge is 0.491 e. The molecule has 0 N–H and O–H groups in total. The van der Waals surface area contributed by atoms with Crippen molar-refractivity contribution in [3.8, 4) is 5.75 Å². The molecule has 1 aromatic heterocycles. The number of hydrogen-bond donors (Lipinski definition) is 0. The Morgan fingerprint density at radius 2 is 1.79 bits per heavy atom. The molecule has 0 bridgehead atoms. The minimum atomic E-state index is -0.0645. The van der Waals surface area contributed by atoms with Crippen LogP contribution in [0.25, 0.3) is 0 Å². The quantitative estimate of drug-likeness (QED) is 0.792. The van der Waals surface area contributed by atoms with Gasteiger partial charge in [-0.3, -0.25) is 9.59 Å². The number of rotatable bonds is 5. The Hall–Kier alpha value is -2.80. The van der Waals surface area contributed by atoms with Crippen molar-refractivity contribution in [2.24, 2.45) is 0 Å². The van der Waals surface area contributed by atoms with E-state index in [1.54, 1.807) is 28.0 Å². The molecule has 2 fully saturated rings. The summed E-state index contributed by atoms with van der Waals surface area (Å²) in [5.74, 6) is 0.568. The SMILES string of the molecule is O=C(c1ccoc1)N1CCN(C(=O)c2cccc(OCC3CCCO3)c2)CC1. The van der Waals surface area contributed by atoms with Gasteiger partial charge in [0.25, 0.3) is 11.8 Å². The second-order valence-corrected chi connectivity index (χ2v) is 7.07. The smallest absolute Gasteiger partial charge is 0.257 e. The van der Waals surface area contributed by atoms with Crippen LogP contribution in [0, 0.1) is 0 Å². The van der Waals surface area contributed by atoms with Crippen molar-refractivity contribution >= 4 is 11.8 Å². The predicted octanol–water partition coefficient (Wildman–Crippen LogP) is 2.44. The van der Waals surface area contributed by atoms with Crippen molar-refractivity contribution in [2.75, 3.05) is 39.4 Å². The number of piperazine rings is 1. The lowest BCUT2D eigenvalue weighted by Crippen LogP contribution is -2.50. The molecule has 7 nitrogen and oxygen atoms in total. The topological polar surface area (TPSA) is 72.2 Å². The molecule has 7 heteroatoms. The fourth-order valence-electron chi connectivity index (χ4n) is 3.55. The summed E-state index contributed by atoms with van der Waals surface area (Å²) in [6.07, 6.45) is 5.16. The molecule has 2 aliphatic heterocycles. The van der Waals surface area contributed by atoms with E-state index in [4.69, 9.17) is 13.9 Å². The van der Waals surface area contributed by atoms with Gasteiger partial charge in [0.15, 0.2) is 0 Å². The van der Waals surface area contributed by atoms with E-state index in [1.807, 2.05) is 12.1 Å². The van der Waals surface area contributed by atoms with Gasteiger partial charge in [0, 0.05) is 38.3 Å². The minimum absolute atomic E-state index is 0.0435. The van der Waals surface area contributed by atoms with E-state index in [1.165, 1.54) is 12.5 Å². The average Bonchev–Trinajstić information content (AvgIpc) is 3.46. The third kappa shape index (κ3) is 4.20. The third-order valence-corrected chi connectivity index (χ3v) is 5.16. The monoisotopic (exact) mass is 384 g/mol. The Morgan fingerprint density at radius 3 is 2.43 bits per heavy atom. The first-order chi connectivity index (χ1) is 13.7. The molecule has 148 valence electrons. The van der Waals surface area contributed by atoms with Crippen molar-refractivity contribution in [3.05, 3.63) is 54.0 Å². The maximum absolute atomic E-state index is 12.8. The van der Waals surface area contributed by atoms with Crippen molar-refractivity contribution in [3.63, 3.8) is 0 Å². The predicted molar refractivity (Wildman–Crippen MR) is 101 cm³/mol. The maximum Gasteiger partial charge on any atom is 0.257 e. The van der Waals surface area contributed by atoms with Gasteiger partial charge < -0.3 is 23.7 Å². The van der Waals surface area contributed by atoms with Crippen molar-refractivity contribution in [2.45, 2.75) is 18.9 Å². The van der Waals surface area contributed by atoms with Crippen LogP contribution in [0.5, 0.6) is 5.75 Å². The first kappa shape index (κ1) is 18.6. The zero-order chi connectivity index (χ0) is 19.3. The first-order valence-electron chi connectivity index (χ1n) is 9.66. The van der Waals surface area contributed by atoms with Gasteiger partial charge in [-0.05, 0) is 37.1 Å². The summed E-state index contributed by atoms with van der Waals surface area (Å²) < 4.78 is 16.3. The lowest BCUT2D eigenvalue weighted by molar-refractivity contribution is 0.0534.